The molecule has 2 N–H and O–H groups in total. The van der Waals surface area contributed by atoms with E-state index in [9.17, 15) is 9.90 Å². The molecule has 2 saturated heterocycles. The number of nitrogens with one attached hydrogen (secondary N) is 1. The number of likely N-dealkylation sites (tertiary alicyclic amines) is 1. The number of hydrogen-bond donors (Lipinski definition) is 2. The largest absolute Gasteiger partial charge is 0.508 e. The van der Waals surface area contributed by atoms with Crippen LogP contribution in [0.15, 0.2) is 18.2 Å². The Kier molecular flexibility index (Phi) is 5.18. The lowest BCUT2D eigenvalue weighted by Gasteiger charge is -2.31. The number of carbonyl (C=O) groups is 1. The number of nitrogens with zero attached hydrogens (tertiary/aromatic N) is 1. The molecule has 126 valence electrons. The van der Waals surface area contributed by atoms with Crippen molar-refractivity contribution >= 4 is 5.91 Å². The third-order valence-electron chi connectivity index (χ3n) is 5.03. The zero-order chi connectivity index (χ0) is 16.2. The highest BCUT2D eigenvalue weighted by Gasteiger charge is 2.29. The molecule has 5 nitrogen and oxygen atoms in total. The second-order valence-corrected chi connectivity index (χ2v) is 6.70. The molecule has 2 fully saturated rings. The maximum atomic E-state index is 12.2. The maximum absolute atomic E-state index is 12.2. The smallest absolute Gasteiger partial charge is 0.251 e. The zero-order valence-electron chi connectivity index (χ0n) is 13.8. The van der Waals surface area contributed by atoms with Gasteiger partial charge in [-0.1, -0.05) is 0 Å². The highest BCUT2D eigenvalue weighted by molar-refractivity contribution is 5.94. The first-order chi connectivity index (χ1) is 11.1. The lowest BCUT2D eigenvalue weighted by Crippen LogP contribution is -2.38. The van der Waals surface area contributed by atoms with Gasteiger partial charge in [0.15, 0.2) is 0 Å². The molecule has 0 bridgehead atoms. The first-order valence-electron chi connectivity index (χ1n) is 8.53. The lowest BCUT2D eigenvalue weighted by atomic mass is 10.1. The number of aryl methyl sites for hydroxylation is 1. The Morgan fingerprint density at radius 2 is 2.13 bits per heavy atom. The van der Waals surface area contributed by atoms with E-state index < -0.39 is 0 Å². The van der Waals surface area contributed by atoms with E-state index in [1.54, 1.807) is 25.1 Å². The van der Waals surface area contributed by atoms with E-state index in [1.165, 1.54) is 0 Å². The molecular weight excluding hydrogens is 292 g/mol. The average molecular weight is 318 g/mol. The van der Waals surface area contributed by atoms with Gasteiger partial charge in [-0.25, -0.2) is 0 Å². The first kappa shape index (κ1) is 16.3. The summed E-state index contributed by atoms with van der Waals surface area (Å²) in [6.45, 7) is 6.47. The molecule has 1 aromatic rings. The van der Waals surface area contributed by atoms with E-state index in [-0.39, 0.29) is 11.7 Å². The Morgan fingerprint density at radius 1 is 1.35 bits per heavy atom. The SMILES string of the molecule is Cc1cc(C(=O)NCC2CCN(C3CCOCC3)C2)ccc1O. The van der Waals surface area contributed by atoms with E-state index in [4.69, 9.17) is 4.74 Å². The molecule has 0 saturated carbocycles. The van der Waals surface area contributed by atoms with Gasteiger partial charge in [0.1, 0.15) is 5.75 Å². The lowest BCUT2D eigenvalue weighted by molar-refractivity contribution is 0.0411. The molecule has 1 aromatic carbocycles. The minimum absolute atomic E-state index is 0.0578. The summed E-state index contributed by atoms with van der Waals surface area (Å²) in [5.41, 5.74) is 1.34. The topological polar surface area (TPSA) is 61.8 Å². The molecule has 2 aliphatic heterocycles. The van der Waals surface area contributed by atoms with Gasteiger partial charge in [0.25, 0.3) is 5.91 Å². The van der Waals surface area contributed by atoms with Crippen LogP contribution in [0.5, 0.6) is 5.75 Å². The Morgan fingerprint density at radius 3 is 2.87 bits per heavy atom. The number of hydrogen-bond acceptors (Lipinski definition) is 4. The molecule has 2 heterocycles. The second-order valence-electron chi connectivity index (χ2n) is 6.70. The molecule has 0 aromatic heterocycles. The fraction of sp³-hybridized carbons (Fsp3) is 0.611. The third-order valence-corrected chi connectivity index (χ3v) is 5.03. The normalized spacial score (nSPS) is 23.1. The van der Waals surface area contributed by atoms with Crippen LogP contribution in [-0.2, 0) is 4.74 Å². The van der Waals surface area contributed by atoms with Gasteiger partial charge >= 0.3 is 0 Å². The fourth-order valence-corrected chi connectivity index (χ4v) is 3.55. The van der Waals surface area contributed by atoms with Crippen molar-refractivity contribution < 1.29 is 14.6 Å². The first-order valence-corrected chi connectivity index (χ1v) is 8.53. The molecule has 3 rings (SSSR count). The van der Waals surface area contributed by atoms with Gasteiger partial charge in [-0.3, -0.25) is 9.69 Å². The minimum Gasteiger partial charge on any atom is -0.508 e. The van der Waals surface area contributed by atoms with Gasteiger partial charge in [0, 0.05) is 37.9 Å². The molecule has 23 heavy (non-hydrogen) atoms. The molecule has 0 aliphatic carbocycles. The van der Waals surface area contributed by atoms with Gasteiger partial charge < -0.3 is 15.2 Å². The summed E-state index contributed by atoms with van der Waals surface area (Å²) in [6, 6.07) is 5.63. The van der Waals surface area contributed by atoms with Crippen LogP contribution >= 0.6 is 0 Å². The van der Waals surface area contributed by atoms with Crippen LogP contribution in [0.4, 0.5) is 0 Å². The van der Waals surface area contributed by atoms with Gasteiger partial charge in [-0.15, -0.1) is 0 Å². The number of benzene rings is 1. The van der Waals surface area contributed by atoms with Crippen LogP contribution in [0.3, 0.4) is 0 Å². The van der Waals surface area contributed by atoms with E-state index in [0.717, 1.165) is 57.7 Å². The summed E-state index contributed by atoms with van der Waals surface area (Å²) in [7, 11) is 0. The predicted octanol–water partition coefficient (Wildman–Crippen LogP) is 1.93. The van der Waals surface area contributed by atoms with Crippen molar-refractivity contribution in [1.82, 2.24) is 10.2 Å². The highest BCUT2D eigenvalue weighted by atomic mass is 16.5. The quantitative estimate of drug-likeness (QED) is 0.890. The van der Waals surface area contributed by atoms with Crippen LogP contribution in [0.1, 0.15) is 35.2 Å². The van der Waals surface area contributed by atoms with E-state index >= 15 is 0 Å². The molecule has 1 amide bonds. The summed E-state index contributed by atoms with van der Waals surface area (Å²) < 4.78 is 5.43. The Bertz CT molecular complexity index is 555. The molecule has 1 atom stereocenters. The molecule has 2 aliphatic rings. The zero-order valence-corrected chi connectivity index (χ0v) is 13.8. The van der Waals surface area contributed by atoms with E-state index in [2.05, 4.69) is 10.2 Å². The molecule has 1 unspecified atom stereocenters. The fourth-order valence-electron chi connectivity index (χ4n) is 3.55. The molecule has 0 radical (unpaired) electrons. The Balaban J connectivity index is 1.47. The van der Waals surface area contributed by atoms with Gasteiger partial charge in [0.05, 0.1) is 0 Å². The number of ether oxygens (including phenoxy) is 1. The van der Waals surface area contributed by atoms with Crippen molar-refractivity contribution in [2.45, 2.75) is 32.2 Å². The number of phenolic OH excluding ortho intramolecular Hbond substituents is 1. The summed E-state index contributed by atoms with van der Waals surface area (Å²) >= 11 is 0. The van der Waals surface area contributed by atoms with Crippen LogP contribution in [0, 0.1) is 12.8 Å². The predicted molar refractivity (Wildman–Crippen MR) is 88.7 cm³/mol. The van der Waals surface area contributed by atoms with Crippen molar-refractivity contribution in [2.24, 2.45) is 5.92 Å². The number of aromatic hydroxyl groups is 1. The van der Waals surface area contributed by atoms with Gasteiger partial charge in [0.2, 0.25) is 0 Å². The van der Waals surface area contributed by atoms with Crippen LogP contribution in [0.25, 0.3) is 0 Å². The van der Waals surface area contributed by atoms with Crippen molar-refractivity contribution in [3.05, 3.63) is 29.3 Å². The molecule has 5 heteroatoms. The standard InChI is InChI=1S/C18H26N2O3/c1-13-10-15(2-3-17(13)21)18(22)19-11-14-4-7-20(12-14)16-5-8-23-9-6-16/h2-3,10,14,16,21H,4-9,11-12H2,1H3,(H,19,22). The van der Waals surface area contributed by atoms with Crippen molar-refractivity contribution in [3.8, 4) is 5.75 Å². The summed E-state index contributed by atoms with van der Waals surface area (Å²) in [6.07, 6.45) is 3.41. The Labute approximate surface area is 137 Å². The number of rotatable bonds is 4. The maximum Gasteiger partial charge on any atom is 0.251 e. The van der Waals surface area contributed by atoms with Crippen LogP contribution in [-0.4, -0.2) is 54.8 Å². The van der Waals surface area contributed by atoms with Crippen LogP contribution < -0.4 is 5.32 Å². The number of amides is 1. The molecular formula is C18H26N2O3. The average Bonchev–Trinajstić information content (AvgIpc) is 3.05. The number of carbonyl (C=O) groups excluding carboxylic acids is 1. The summed E-state index contributed by atoms with van der Waals surface area (Å²) in [5.74, 6) is 0.696. The highest BCUT2D eigenvalue weighted by Crippen LogP contribution is 2.23. The third kappa shape index (κ3) is 4.03. The van der Waals surface area contributed by atoms with Gasteiger partial charge in [-0.05, 0) is 62.4 Å². The minimum atomic E-state index is -0.0578. The second kappa shape index (κ2) is 7.32. The number of phenols is 1. The van der Waals surface area contributed by atoms with Crippen LogP contribution in [0.2, 0.25) is 0 Å². The molecule has 0 spiro atoms. The van der Waals surface area contributed by atoms with Gasteiger partial charge in [-0.2, -0.15) is 0 Å². The van der Waals surface area contributed by atoms with Crippen molar-refractivity contribution in [1.29, 1.82) is 0 Å². The Hall–Kier alpha value is -1.59. The van der Waals surface area contributed by atoms with Crippen molar-refractivity contribution in [2.75, 3.05) is 32.8 Å². The monoisotopic (exact) mass is 318 g/mol. The summed E-state index contributed by atoms with van der Waals surface area (Å²) in [5, 5.41) is 12.6. The summed E-state index contributed by atoms with van der Waals surface area (Å²) in [4.78, 5) is 14.8. The van der Waals surface area contributed by atoms with Crippen molar-refractivity contribution in [3.63, 3.8) is 0 Å². The van der Waals surface area contributed by atoms with E-state index in [1.807, 2.05) is 0 Å². The van der Waals surface area contributed by atoms with E-state index in [0.29, 0.717) is 17.5 Å².